The van der Waals surface area contributed by atoms with Crippen LogP contribution in [0.5, 0.6) is 0 Å². The van der Waals surface area contributed by atoms with Gasteiger partial charge in [-0.1, -0.05) is 13.8 Å². The number of rotatable bonds is 3. The van der Waals surface area contributed by atoms with Crippen molar-refractivity contribution in [1.82, 2.24) is 15.6 Å². The summed E-state index contributed by atoms with van der Waals surface area (Å²) >= 11 is 1.73. The smallest absolute Gasteiger partial charge is 0.0897 e. The number of aromatic nitrogens is 1. The number of nitrogens with zero attached hydrogens (tertiary/aromatic N) is 1. The number of hydrogen-bond acceptors (Lipinski definition) is 4. The predicted octanol–water partition coefficient (Wildman–Crippen LogP) is 1.93. The summed E-state index contributed by atoms with van der Waals surface area (Å²) in [6.07, 6.45) is 1.20. The van der Waals surface area contributed by atoms with Crippen LogP contribution in [-0.2, 0) is 6.54 Å². The lowest BCUT2D eigenvalue weighted by molar-refractivity contribution is 0.183. The second-order valence-electron chi connectivity index (χ2n) is 5.25. The zero-order chi connectivity index (χ0) is 11.6. The third-order valence-corrected chi connectivity index (χ3v) is 4.15. The number of piperidine rings is 1. The fourth-order valence-electron chi connectivity index (χ4n) is 2.27. The molecule has 1 atom stereocenters. The molecular weight excluding hydrogens is 218 g/mol. The van der Waals surface area contributed by atoms with Crippen molar-refractivity contribution >= 4 is 11.3 Å². The van der Waals surface area contributed by atoms with Crippen LogP contribution in [0.2, 0.25) is 0 Å². The lowest BCUT2D eigenvalue weighted by Gasteiger charge is -2.39. The van der Waals surface area contributed by atoms with Gasteiger partial charge in [-0.15, -0.1) is 11.3 Å². The van der Waals surface area contributed by atoms with Gasteiger partial charge in [0.05, 0.1) is 10.7 Å². The molecule has 90 valence electrons. The summed E-state index contributed by atoms with van der Waals surface area (Å²) in [4.78, 5) is 4.48. The van der Waals surface area contributed by atoms with Gasteiger partial charge in [0, 0.05) is 24.5 Å². The number of aryl methyl sites for hydroxylation is 1. The highest BCUT2D eigenvalue weighted by Gasteiger charge is 2.31. The molecule has 1 fully saturated rings. The summed E-state index contributed by atoms with van der Waals surface area (Å²) in [6.45, 7) is 9.82. The van der Waals surface area contributed by atoms with Crippen molar-refractivity contribution < 1.29 is 0 Å². The van der Waals surface area contributed by atoms with E-state index in [4.69, 9.17) is 0 Å². The third-order valence-electron chi connectivity index (χ3n) is 3.33. The normalized spacial score (nSPS) is 24.6. The van der Waals surface area contributed by atoms with Gasteiger partial charge >= 0.3 is 0 Å². The Balaban J connectivity index is 1.89. The van der Waals surface area contributed by atoms with Gasteiger partial charge in [0.25, 0.3) is 0 Å². The minimum Gasteiger partial charge on any atom is -0.316 e. The Morgan fingerprint density at radius 1 is 1.62 bits per heavy atom. The number of hydrogen-bond donors (Lipinski definition) is 2. The summed E-state index contributed by atoms with van der Waals surface area (Å²) in [6, 6.07) is 0.593. The molecule has 1 saturated heterocycles. The van der Waals surface area contributed by atoms with E-state index in [0.29, 0.717) is 11.5 Å². The Morgan fingerprint density at radius 3 is 3.06 bits per heavy atom. The maximum atomic E-state index is 4.48. The van der Waals surface area contributed by atoms with Gasteiger partial charge < -0.3 is 10.6 Å². The SMILES string of the molecule is Cc1nc(CNC2CCNCC2(C)C)cs1. The molecular formula is C12H21N3S. The Morgan fingerprint density at radius 2 is 2.44 bits per heavy atom. The van der Waals surface area contributed by atoms with Crippen molar-refractivity contribution in [2.24, 2.45) is 5.41 Å². The van der Waals surface area contributed by atoms with Crippen LogP contribution in [0.4, 0.5) is 0 Å². The molecule has 2 rings (SSSR count). The van der Waals surface area contributed by atoms with Crippen molar-refractivity contribution in [3.8, 4) is 0 Å². The maximum Gasteiger partial charge on any atom is 0.0897 e. The van der Waals surface area contributed by atoms with Gasteiger partial charge in [-0.05, 0) is 25.3 Å². The Kier molecular flexibility index (Phi) is 3.62. The van der Waals surface area contributed by atoms with Crippen LogP contribution in [0.25, 0.3) is 0 Å². The average molecular weight is 239 g/mol. The molecule has 4 heteroatoms. The molecule has 1 aliphatic rings. The molecule has 0 spiro atoms. The van der Waals surface area contributed by atoms with E-state index in [1.165, 1.54) is 12.1 Å². The van der Waals surface area contributed by atoms with Crippen molar-refractivity contribution in [1.29, 1.82) is 0 Å². The van der Waals surface area contributed by atoms with Gasteiger partial charge in [0.1, 0.15) is 0 Å². The highest BCUT2D eigenvalue weighted by Crippen LogP contribution is 2.25. The van der Waals surface area contributed by atoms with Crippen LogP contribution in [0, 0.1) is 12.3 Å². The summed E-state index contributed by atoms with van der Waals surface area (Å²) in [5, 5.41) is 10.4. The molecule has 0 bridgehead atoms. The van der Waals surface area contributed by atoms with Crippen LogP contribution < -0.4 is 10.6 Å². The second kappa shape index (κ2) is 4.82. The summed E-state index contributed by atoms with van der Waals surface area (Å²) in [5.41, 5.74) is 1.51. The van der Waals surface area contributed by atoms with E-state index in [9.17, 15) is 0 Å². The first-order valence-corrected chi connectivity index (χ1v) is 6.81. The van der Waals surface area contributed by atoms with Crippen LogP contribution in [0.15, 0.2) is 5.38 Å². The second-order valence-corrected chi connectivity index (χ2v) is 6.31. The predicted molar refractivity (Wildman–Crippen MR) is 68.7 cm³/mol. The van der Waals surface area contributed by atoms with E-state index >= 15 is 0 Å². The third kappa shape index (κ3) is 2.81. The first kappa shape index (κ1) is 12.0. The average Bonchev–Trinajstić information content (AvgIpc) is 2.62. The standard InChI is InChI=1S/C12H21N3S/c1-9-15-10(7-16-9)6-14-11-4-5-13-8-12(11,2)3/h7,11,13-14H,4-6,8H2,1-3H3. The number of nitrogens with one attached hydrogen (secondary N) is 2. The molecule has 16 heavy (non-hydrogen) atoms. The maximum absolute atomic E-state index is 4.48. The van der Waals surface area contributed by atoms with Crippen molar-refractivity contribution in [3.63, 3.8) is 0 Å². The van der Waals surface area contributed by atoms with Crippen molar-refractivity contribution in [2.75, 3.05) is 13.1 Å². The zero-order valence-corrected chi connectivity index (χ0v) is 11.2. The van der Waals surface area contributed by atoms with E-state index in [1.54, 1.807) is 11.3 Å². The van der Waals surface area contributed by atoms with Crippen LogP contribution in [0.3, 0.4) is 0 Å². The molecule has 2 heterocycles. The fraction of sp³-hybridized carbons (Fsp3) is 0.750. The van der Waals surface area contributed by atoms with Crippen molar-refractivity contribution in [2.45, 2.75) is 39.8 Å². The molecule has 3 nitrogen and oxygen atoms in total. The van der Waals surface area contributed by atoms with Gasteiger partial charge in [-0.25, -0.2) is 4.98 Å². The molecule has 1 unspecified atom stereocenters. The molecule has 0 aromatic carbocycles. The van der Waals surface area contributed by atoms with Gasteiger partial charge in [0.2, 0.25) is 0 Å². The lowest BCUT2D eigenvalue weighted by atomic mass is 9.80. The molecule has 0 saturated carbocycles. The minimum atomic E-state index is 0.337. The van der Waals surface area contributed by atoms with Crippen LogP contribution in [-0.4, -0.2) is 24.1 Å². The molecule has 0 radical (unpaired) electrons. The Hall–Kier alpha value is -0.450. The van der Waals surface area contributed by atoms with Gasteiger partial charge in [0.15, 0.2) is 0 Å². The van der Waals surface area contributed by atoms with Gasteiger partial charge in [-0.3, -0.25) is 0 Å². The largest absolute Gasteiger partial charge is 0.316 e. The molecule has 1 aromatic heterocycles. The van der Waals surface area contributed by atoms with E-state index in [0.717, 1.165) is 24.6 Å². The molecule has 1 aliphatic heterocycles. The molecule has 1 aromatic rings. The van der Waals surface area contributed by atoms with E-state index in [-0.39, 0.29) is 0 Å². The van der Waals surface area contributed by atoms with E-state index in [2.05, 4.69) is 41.8 Å². The van der Waals surface area contributed by atoms with Crippen molar-refractivity contribution in [3.05, 3.63) is 16.1 Å². The van der Waals surface area contributed by atoms with Gasteiger partial charge in [-0.2, -0.15) is 0 Å². The highest BCUT2D eigenvalue weighted by molar-refractivity contribution is 7.09. The quantitative estimate of drug-likeness (QED) is 0.846. The Bertz CT molecular complexity index is 346. The van der Waals surface area contributed by atoms with Crippen LogP contribution in [0.1, 0.15) is 31.0 Å². The summed E-state index contributed by atoms with van der Waals surface area (Å²) < 4.78 is 0. The summed E-state index contributed by atoms with van der Waals surface area (Å²) in [7, 11) is 0. The first-order valence-electron chi connectivity index (χ1n) is 5.93. The summed E-state index contributed by atoms with van der Waals surface area (Å²) in [5.74, 6) is 0. The first-order chi connectivity index (χ1) is 7.58. The minimum absolute atomic E-state index is 0.337. The number of thiazole rings is 1. The van der Waals surface area contributed by atoms with E-state index in [1.807, 2.05) is 0 Å². The van der Waals surface area contributed by atoms with Crippen LogP contribution >= 0.6 is 11.3 Å². The lowest BCUT2D eigenvalue weighted by Crippen LogP contribution is -2.52. The topological polar surface area (TPSA) is 37.0 Å². The monoisotopic (exact) mass is 239 g/mol. The molecule has 0 amide bonds. The molecule has 0 aliphatic carbocycles. The van der Waals surface area contributed by atoms with E-state index < -0.39 is 0 Å². The highest BCUT2D eigenvalue weighted by atomic mass is 32.1. The Labute approximate surface area is 102 Å². The fourth-order valence-corrected chi connectivity index (χ4v) is 2.88. The molecule has 2 N–H and O–H groups in total. The zero-order valence-electron chi connectivity index (χ0n) is 10.3.